The molecule has 0 aliphatic carbocycles. The van der Waals surface area contributed by atoms with Gasteiger partial charge in [0.1, 0.15) is 11.4 Å². The molecule has 4 aliphatic rings. The molecule has 71 heavy (non-hydrogen) atoms. The largest absolute Gasteiger partial charge is 0.368 e. The lowest BCUT2D eigenvalue weighted by Crippen LogP contribution is -2.27. The first kappa shape index (κ1) is 46.8. The molecule has 0 saturated carbocycles. The Bertz CT molecular complexity index is 3250. The zero-order valence-corrected chi connectivity index (χ0v) is 40.2. The predicted octanol–water partition coefficient (Wildman–Crippen LogP) is 9.63. The molecule has 2 atom stereocenters. The molecule has 2 fully saturated rings. The molecule has 4 aliphatic heterocycles. The van der Waals surface area contributed by atoms with Gasteiger partial charge < -0.3 is 26.6 Å². The Morgan fingerprint density at radius 3 is 1.56 bits per heavy atom. The highest BCUT2D eigenvalue weighted by Crippen LogP contribution is 2.34. The molecule has 0 spiro atoms. The number of fused-ring (bicyclic) bond motifs is 4. The van der Waals surface area contributed by atoms with Crippen LogP contribution in [0.3, 0.4) is 0 Å². The molecular weight excluding hydrogens is 885 g/mol. The maximum atomic E-state index is 13.6. The van der Waals surface area contributed by atoms with Crippen LogP contribution in [0.25, 0.3) is 44.1 Å². The average molecular weight is 943 g/mol. The number of amides is 2. The third kappa shape index (κ3) is 10.1. The van der Waals surface area contributed by atoms with Crippen LogP contribution >= 0.6 is 0 Å². The number of nitrogen functional groups attached to an aromatic ring is 2. The molecule has 13 nitrogen and oxygen atoms in total. The van der Waals surface area contributed by atoms with Crippen LogP contribution in [0.2, 0.25) is 0 Å². The number of carbonyl (C=O) groups excluding carboxylic acids is 3. The third-order valence-electron chi connectivity index (χ3n) is 14.2. The molecule has 5 N–H and O–H groups in total. The third-order valence-corrected chi connectivity index (χ3v) is 14.2. The van der Waals surface area contributed by atoms with E-state index in [4.69, 9.17) is 11.5 Å². The number of anilines is 2. The summed E-state index contributed by atoms with van der Waals surface area (Å²) in [5, 5.41) is 4.67. The van der Waals surface area contributed by atoms with Crippen LogP contribution < -0.4 is 16.8 Å². The summed E-state index contributed by atoms with van der Waals surface area (Å²) in [7, 11) is 0. The second-order valence-electron chi connectivity index (χ2n) is 19.0. The number of aromatic nitrogens is 4. The lowest BCUT2D eigenvalue weighted by atomic mass is 9.97. The first-order valence-corrected chi connectivity index (χ1v) is 24.6. The van der Waals surface area contributed by atoms with Gasteiger partial charge in [-0.15, -0.1) is 0 Å². The smallest absolute Gasteiger partial charge is 0.273 e. The summed E-state index contributed by atoms with van der Waals surface area (Å²) in [6.07, 6.45) is 6.08. The number of hydrogen-bond donors (Lipinski definition) is 3. The highest BCUT2D eigenvalue weighted by Gasteiger charge is 2.29. The highest BCUT2D eigenvalue weighted by atomic mass is 16.2. The molecule has 0 unspecified atom stereocenters. The van der Waals surface area contributed by atoms with Crippen LogP contribution in [-0.2, 0) is 32.7 Å². The van der Waals surface area contributed by atoms with E-state index in [0.29, 0.717) is 59.9 Å². The fourth-order valence-corrected chi connectivity index (χ4v) is 10.3. The molecule has 2 saturated heterocycles. The Morgan fingerprint density at radius 2 is 1.10 bits per heavy atom. The fourth-order valence-electron chi connectivity index (χ4n) is 10.3. The molecular formula is C58H58N10O3. The van der Waals surface area contributed by atoms with Crippen molar-refractivity contribution in [2.24, 2.45) is 0 Å². The minimum Gasteiger partial charge on any atom is -0.368 e. The van der Waals surface area contributed by atoms with Crippen LogP contribution in [0, 0.1) is 0 Å². The maximum absolute atomic E-state index is 13.6. The van der Waals surface area contributed by atoms with E-state index in [1.807, 2.05) is 77.7 Å². The average Bonchev–Trinajstić information content (AvgIpc) is 4.24. The maximum Gasteiger partial charge on any atom is 0.273 e. The minimum atomic E-state index is -0.189. The molecule has 2 amide bonds. The molecule has 358 valence electrons. The number of rotatable bonds is 7. The number of hydrogen-bond acceptors (Lipinski definition) is 11. The van der Waals surface area contributed by atoms with E-state index in [-0.39, 0.29) is 29.4 Å². The van der Waals surface area contributed by atoms with Crippen LogP contribution in [0.5, 0.6) is 0 Å². The van der Waals surface area contributed by atoms with Crippen LogP contribution in [0.1, 0.15) is 98.7 Å². The number of nitrogens with zero attached hydrogens (tertiary/aromatic N) is 7. The highest BCUT2D eigenvalue weighted by molar-refractivity contribution is 6.07. The number of carbonyl (C=O) groups is 3. The molecule has 0 radical (unpaired) electrons. The number of nitrogens with two attached hydrogens (primary N) is 2. The van der Waals surface area contributed by atoms with Gasteiger partial charge in [-0.2, -0.15) is 0 Å². The summed E-state index contributed by atoms with van der Waals surface area (Å²) in [5.41, 5.74) is 24.2. The molecule has 6 aromatic carbocycles. The molecule has 0 bridgehead atoms. The van der Waals surface area contributed by atoms with Crippen LogP contribution in [-0.4, -0.2) is 77.9 Å². The van der Waals surface area contributed by atoms with Crippen LogP contribution in [0.15, 0.2) is 133 Å². The summed E-state index contributed by atoms with van der Waals surface area (Å²) in [6.45, 7) is 10.1. The van der Waals surface area contributed by atoms with Crippen molar-refractivity contribution >= 4 is 51.8 Å². The van der Waals surface area contributed by atoms with Gasteiger partial charge in [-0.25, -0.2) is 19.9 Å². The van der Waals surface area contributed by atoms with Gasteiger partial charge in [0.15, 0.2) is 6.29 Å². The molecule has 13 heteroatoms. The standard InChI is InChI=1S/C29H29N5O.C24H18N4O2.C5H11N/c1-19-7-6-14-33(19)18-23-10-4-5-11-24(23)20-12-13-26-25(15-20)27(32-29(30)31-26)28(35)34-16-21-8-2-3-9-22(21)17-34;25-24-26-21-10-9-15(19-8-4-3-7-18(19)14-29)11-20(21)22(27-24)23(30)28-12-16-5-1-2-6-17(16)13-28;1-5-3-2-4-6-5/h2-5,8-13,15,19H,6-7,14,16-18H2,1H3,(H2,30,31,32);1-11,14H,12-13H2,(H2,25,26,27);5-6H,2-4H2,1H3/t19-;;5-/m0.0/s1. The molecule has 6 heterocycles. The number of likely N-dealkylation sites (tertiary alicyclic amines) is 1. The Kier molecular flexibility index (Phi) is 13.6. The summed E-state index contributed by atoms with van der Waals surface area (Å²) in [4.78, 5) is 62.0. The van der Waals surface area contributed by atoms with Gasteiger partial charge in [-0.05, 0) is 127 Å². The van der Waals surface area contributed by atoms with Gasteiger partial charge in [-0.1, -0.05) is 109 Å². The van der Waals surface area contributed by atoms with Gasteiger partial charge >= 0.3 is 0 Å². The lowest BCUT2D eigenvalue weighted by Gasteiger charge is -2.23. The van der Waals surface area contributed by atoms with Gasteiger partial charge in [0.05, 0.1) is 11.0 Å². The Hall–Kier alpha value is -7.87. The van der Waals surface area contributed by atoms with Crippen molar-refractivity contribution in [1.82, 2.24) is 40.0 Å². The summed E-state index contributed by atoms with van der Waals surface area (Å²) in [6, 6.07) is 45.1. The van der Waals surface area contributed by atoms with Crippen molar-refractivity contribution < 1.29 is 14.4 Å². The summed E-state index contributed by atoms with van der Waals surface area (Å²) >= 11 is 0. The first-order valence-electron chi connectivity index (χ1n) is 24.6. The van der Waals surface area contributed by atoms with E-state index in [2.05, 4.69) is 92.5 Å². The zero-order valence-electron chi connectivity index (χ0n) is 40.2. The Labute approximate surface area is 414 Å². The van der Waals surface area contributed by atoms with Crippen LogP contribution in [0.4, 0.5) is 11.9 Å². The first-order chi connectivity index (χ1) is 34.6. The molecule has 8 aromatic rings. The van der Waals surface area contributed by atoms with Gasteiger partial charge in [0.2, 0.25) is 11.9 Å². The van der Waals surface area contributed by atoms with E-state index in [1.54, 1.807) is 17.0 Å². The topological polar surface area (TPSA) is 177 Å². The van der Waals surface area contributed by atoms with Crippen molar-refractivity contribution in [2.75, 3.05) is 24.6 Å². The quantitative estimate of drug-likeness (QED) is 0.130. The summed E-state index contributed by atoms with van der Waals surface area (Å²) < 4.78 is 0. The van der Waals surface area contributed by atoms with Crippen molar-refractivity contribution in [3.63, 3.8) is 0 Å². The number of nitrogens with one attached hydrogen (secondary N) is 1. The lowest BCUT2D eigenvalue weighted by molar-refractivity contribution is 0.0741. The second kappa shape index (κ2) is 20.6. The number of benzene rings is 6. The van der Waals surface area contributed by atoms with E-state index in [0.717, 1.165) is 58.6 Å². The Morgan fingerprint density at radius 1 is 0.606 bits per heavy atom. The fraction of sp³-hybridized carbons (Fsp3) is 0.259. The van der Waals surface area contributed by atoms with Crippen molar-refractivity contribution in [3.8, 4) is 22.3 Å². The van der Waals surface area contributed by atoms with E-state index < -0.39 is 0 Å². The Balaban J connectivity index is 0.000000148. The number of aldehydes is 1. The second-order valence-corrected chi connectivity index (χ2v) is 19.0. The van der Waals surface area contributed by atoms with E-state index >= 15 is 0 Å². The van der Waals surface area contributed by atoms with Gasteiger partial charge in [0, 0.05) is 61.1 Å². The summed E-state index contributed by atoms with van der Waals surface area (Å²) in [5.74, 6) is -0.125. The molecule has 2 aromatic heterocycles. The molecule has 12 rings (SSSR count). The minimum absolute atomic E-state index is 0.0589. The zero-order chi connectivity index (χ0) is 49.0. The van der Waals surface area contributed by atoms with E-state index in [1.165, 1.54) is 54.5 Å². The van der Waals surface area contributed by atoms with Crippen molar-refractivity contribution in [2.45, 2.75) is 84.3 Å². The van der Waals surface area contributed by atoms with Gasteiger partial charge in [-0.3, -0.25) is 19.3 Å². The monoisotopic (exact) mass is 942 g/mol. The SMILES string of the molecule is C[C@H]1CCCN1.C[C@H]1CCCN1Cc1ccccc1-c1ccc2nc(N)nc(C(=O)N3Cc4ccccc4C3)c2c1.Nc1nc(C(=O)N2Cc3ccccc3C2)c2cc(-c3ccccc3C=O)ccc2n1. The van der Waals surface area contributed by atoms with E-state index in [9.17, 15) is 14.4 Å². The van der Waals surface area contributed by atoms with Gasteiger partial charge in [0.25, 0.3) is 11.8 Å². The van der Waals surface area contributed by atoms with Crippen molar-refractivity contribution in [3.05, 3.63) is 178 Å². The predicted molar refractivity (Wildman–Crippen MR) is 280 cm³/mol. The van der Waals surface area contributed by atoms with Crippen molar-refractivity contribution in [1.29, 1.82) is 0 Å². The normalized spacial score (nSPS) is 17.0.